The van der Waals surface area contributed by atoms with Gasteiger partial charge in [-0.25, -0.2) is 13.2 Å². The molecule has 0 saturated carbocycles. The van der Waals surface area contributed by atoms with E-state index in [2.05, 4.69) is 10.2 Å². The predicted octanol–water partition coefficient (Wildman–Crippen LogP) is 2.45. The molecule has 3 rings (SSSR count). The highest BCUT2D eigenvalue weighted by molar-refractivity contribution is 7.91. The quantitative estimate of drug-likeness (QED) is 0.722. The van der Waals surface area contributed by atoms with E-state index in [0.717, 1.165) is 31.8 Å². The van der Waals surface area contributed by atoms with Gasteiger partial charge in [0.15, 0.2) is 9.84 Å². The molecule has 0 spiro atoms. The van der Waals surface area contributed by atoms with Crippen molar-refractivity contribution in [3.8, 4) is 0 Å². The number of hydrogen-bond donors (Lipinski definition) is 1. The third-order valence-electron chi connectivity index (χ3n) is 5.33. The monoisotopic (exact) mass is 449 g/mol. The standard InChI is InChI=1S/C19H26F3N3O4S/c20-19(21,22)15-3-1-4-16(13-15)23-18(26)25(17-5-12-30(27,28)14-17)7-2-6-24-8-10-29-11-9-24/h1,3-4,13,17H,2,5-12,14H2,(H,23,26). The number of hydrogen-bond acceptors (Lipinski definition) is 5. The number of carbonyl (C=O) groups excluding carboxylic acids is 1. The van der Waals surface area contributed by atoms with Crippen molar-refractivity contribution >= 4 is 21.6 Å². The lowest BCUT2D eigenvalue weighted by Crippen LogP contribution is -2.45. The maximum Gasteiger partial charge on any atom is 0.416 e. The van der Waals surface area contributed by atoms with Gasteiger partial charge in [0.25, 0.3) is 0 Å². The minimum atomic E-state index is -4.52. The molecule has 0 aliphatic carbocycles. The number of sulfone groups is 1. The van der Waals surface area contributed by atoms with Crippen molar-refractivity contribution in [2.45, 2.75) is 25.1 Å². The van der Waals surface area contributed by atoms with E-state index in [1.807, 2.05) is 0 Å². The van der Waals surface area contributed by atoms with E-state index in [1.165, 1.54) is 17.0 Å². The van der Waals surface area contributed by atoms with Crippen LogP contribution in [0.4, 0.5) is 23.7 Å². The largest absolute Gasteiger partial charge is 0.416 e. The van der Waals surface area contributed by atoms with Crippen molar-refractivity contribution in [3.05, 3.63) is 29.8 Å². The van der Waals surface area contributed by atoms with E-state index in [-0.39, 0.29) is 17.2 Å². The Morgan fingerprint density at radius 1 is 1.27 bits per heavy atom. The van der Waals surface area contributed by atoms with Crippen LogP contribution in [0.15, 0.2) is 24.3 Å². The Morgan fingerprint density at radius 3 is 2.63 bits per heavy atom. The first kappa shape index (κ1) is 22.8. The summed E-state index contributed by atoms with van der Waals surface area (Å²) < 4.78 is 67.9. The molecule has 2 aliphatic rings. The lowest BCUT2D eigenvalue weighted by molar-refractivity contribution is -0.137. The van der Waals surface area contributed by atoms with Crippen LogP contribution < -0.4 is 5.32 Å². The first-order valence-corrected chi connectivity index (χ1v) is 11.7. The zero-order chi connectivity index (χ0) is 21.8. The molecule has 1 unspecified atom stereocenters. The Hall–Kier alpha value is -1.85. The van der Waals surface area contributed by atoms with Crippen LogP contribution in [0.2, 0.25) is 0 Å². The molecule has 1 N–H and O–H groups in total. The van der Waals surface area contributed by atoms with E-state index in [4.69, 9.17) is 4.74 Å². The van der Waals surface area contributed by atoms with Gasteiger partial charge in [0.1, 0.15) is 0 Å². The molecule has 0 aromatic heterocycles. The second-order valence-electron chi connectivity index (χ2n) is 7.57. The van der Waals surface area contributed by atoms with Gasteiger partial charge in [0, 0.05) is 37.9 Å². The van der Waals surface area contributed by atoms with Gasteiger partial charge in [0.05, 0.1) is 30.3 Å². The molecule has 2 fully saturated rings. The molecule has 168 valence electrons. The first-order valence-electron chi connectivity index (χ1n) is 9.89. The van der Waals surface area contributed by atoms with E-state index in [0.29, 0.717) is 32.6 Å². The van der Waals surface area contributed by atoms with Crippen LogP contribution in [-0.2, 0) is 20.8 Å². The Labute approximate surface area is 174 Å². The minimum Gasteiger partial charge on any atom is -0.379 e. The summed E-state index contributed by atoms with van der Waals surface area (Å²) in [4.78, 5) is 16.5. The van der Waals surface area contributed by atoms with Crippen LogP contribution >= 0.6 is 0 Å². The summed E-state index contributed by atoms with van der Waals surface area (Å²) in [6.45, 7) is 3.96. The SMILES string of the molecule is O=C(Nc1cccc(C(F)(F)F)c1)N(CCCN1CCOCC1)C1CCS(=O)(=O)C1. The van der Waals surface area contributed by atoms with Crippen molar-refractivity contribution in [3.63, 3.8) is 0 Å². The highest BCUT2D eigenvalue weighted by Crippen LogP contribution is 2.31. The van der Waals surface area contributed by atoms with E-state index >= 15 is 0 Å². The summed E-state index contributed by atoms with van der Waals surface area (Å²) in [5.74, 6) is -0.116. The average Bonchev–Trinajstić information content (AvgIpc) is 3.05. The fourth-order valence-electron chi connectivity index (χ4n) is 3.73. The van der Waals surface area contributed by atoms with Crippen LogP contribution in [0, 0.1) is 0 Å². The summed E-state index contributed by atoms with van der Waals surface area (Å²) in [5.41, 5.74) is -0.837. The lowest BCUT2D eigenvalue weighted by Gasteiger charge is -2.31. The fraction of sp³-hybridized carbons (Fsp3) is 0.632. The molecular formula is C19H26F3N3O4S. The topological polar surface area (TPSA) is 79.0 Å². The Bertz CT molecular complexity index is 842. The third kappa shape index (κ3) is 6.32. The minimum absolute atomic E-state index is 0.00840. The number of benzene rings is 1. The molecule has 1 atom stereocenters. The van der Waals surface area contributed by atoms with Crippen LogP contribution in [0.25, 0.3) is 0 Å². The number of urea groups is 1. The smallest absolute Gasteiger partial charge is 0.379 e. The Kier molecular flexibility index (Phi) is 7.25. The number of nitrogens with zero attached hydrogens (tertiary/aromatic N) is 2. The number of rotatable bonds is 6. The number of carbonyl (C=O) groups is 1. The van der Waals surface area contributed by atoms with Gasteiger partial charge in [0.2, 0.25) is 0 Å². The Morgan fingerprint density at radius 2 is 2.00 bits per heavy atom. The second kappa shape index (κ2) is 9.52. The molecule has 0 bridgehead atoms. The molecule has 2 aliphatic heterocycles. The van der Waals surface area contributed by atoms with Crippen molar-refractivity contribution in [1.82, 2.24) is 9.80 Å². The first-order chi connectivity index (χ1) is 14.1. The number of ether oxygens (including phenoxy) is 1. The molecule has 11 heteroatoms. The van der Waals surface area contributed by atoms with E-state index in [1.54, 1.807) is 0 Å². The molecule has 2 heterocycles. The van der Waals surface area contributed by atoms with E-state index < -0.39 is 33.6 Å². The maximum atomic E-state index is 12.9. The molecule has 2 saturated heterocycles. The van der Waals surface area contributed by atoms with Crippen LogP contribution in [0.1, 0.15) is 18.4 Å². The van der Waals surface area contributed by atoms with Crippen molar-refractivity contribution in [2.24, 2.45) is 0 Å². The number of morpholine rings is 1. The third-order valence-corrected chi connectivity index (χ3v) is 7.08. The zero-order valence-electron chi connectivity index (χ0n) is 16.5. The highest BCUT2D eigenvalue weighted by Gasteiger charge is 2.35. The summed E-state index contributed by atoms with van der Waals surface area (Å²) in [6, 6.07) is 3.34. The summed E-state index contributed by atoms with van der Waals surface area (Å²) >= 11 is 0. The van der Waals surface area contributed by atoms with Gasteiger partial charge < -0.3 is 15.0 Å². The summed E-state index contributed by atoms with van der Waals surface area (Å²) in [5, 5.41) is 2.51. The highest BCUT2D eigenvalue weighted by atomic mass is 32.2. The Balaban J connectivity index is 1.66. The number of nitrogens with one attached hydrogen (secondary N) is 1. The number of alkyl halides is 3. The van der Waals surface area contributed by atoms with Gasteiger partial charge in [-0.05, 0) is 31.0 Å². The summed E-state index contributed by atoms with van der Waals surface area (Å²) in [7, 11) is -3.22. The number of anilines is 1. The second-order valence-corrected chi connectivity index (χ2v) is 9.80. The van der Waals surface area contributed by atoms with Gasteiger partial charge in [-0.1, -0.05) is 6.07 Å². The fourth-order valence-corrected chi connectivity index (χ4v) is 5.46. The number of amides is 2. The molecule has 7 nitrogen and oxygen atoms in total. The van der Waals surface area contributed by atoms with Crippen LogP contribution in [0.3, 0.4) is 0 Å². The molecule has 0 radical (unpaired) electrons. The molecule has 2 amide bonds. The normalized spacial score (nSPS) is 22.0. The average molecular weight is 449 g/mol. The van der Waals surface area contributed by atoms with Crippen LogP contribution in [0.5, 0.6) is 0 Å². The van der Waals surface area contributed by atoms with Crippen LogP contribution in [-0.4, -0.2) is 81.2 Å². The van der Waals surface area contributed by atoms with Crippen molar-refractivity contribution < 1.29 is 31.1 Å². The maximum absolute atomic E-state index is 12.9. The molecule has 30 heavy (non-hydrogen) atoms. The lowest BCUT2D eigenvalue weighted by atomic mass is 10.2. The van der Waals surface area contributed by atoms with Gasteiger partial charge in [-0.15, -0.1) is 0 Å². The number of halogens is 3. The molecule has 1 aromatic rings. The van der Waals surface area contributed by atoms with Crippen molar-refractivity contribution in [1.29, 1.82) is 0 Å². The van der Waals surface area contributed by atoms with E-state index in [9.17, 15) is 26.4 Å². The van der Waals surface area contributed by atoms with Gasteiger partial charge in [-0.3, -0.25) is 4.90 Å². The molecule has 1 aromatic carbocycles. The van der Waals surface area contributed by atoms with Gasteiger partial charge >= 0.3 is 12.2 Å². The van der Waals surface area contributed by atoms with Gasteiger partial charge in [-0.2, -0.15) is 13.2 Å². The summed E-state index contributed by atoms with van der Waals surface area (Å²) in [6.07, 6.45) is -3.55. The zero-order valence-corrected chi connectivity index (χ0v) is 17.3. The molecular weight excluding hydrogens is 423 g/mol. The van der Waals surface area contributed by atoms with Crippen molar-refractivity contribution in [2.75, 3.05) is 56.2 Å². The predicted molar refractivity (Wildman–Crippen MR) is 106 cm³/mol.